The van der Waals surface area contributed by atoms with Crippen LogP contribution in [0.4, 0.5) is 4.79 Å². The number of ether oxygens (including phenoxy) is 2. The average molecular weight is 529 g/mol. The molecule has 10 heteroatoms. The molecule has 2 fully saturated rings. The van der Waals surface area contributed by atoms with Gasteiger partial charge in [-0.3, -0.25) is 9.59 Å². The van der Waals surface area contributed by atoms with Crippen LogP contribution >= 0.6 is 33.2 Å². The molecule has 3 rings (SSSR count). The van der Waals surface area contributed by atoms with Crippen molar-refractivity contribution >= 4 is 51.2 Å². The molecule has 0 aliphatic carbocycles. The van der Waals surface area contributed by atoms with E-state index in [0.29, 0.717) is 36.9 Å². The van der Waals surface area contributed by atoms with E-state index < -0.39 is 11.7 Å². The van der Waals surface area contributed by atoms with Crippen molar-refractivity contribution in [2.45, 2.75) is 62.7 Å². The largest absolute Gasteiger partial charge is 0.446 e. The smallest absolute Gasteiger partial charge is 0.415 e. The number of piperidine rings is 1. The van der Waals surface area contributed by atoms with Crippen LogP contribution in [0.15, 0.2) is 24.3 Å². The number of alkyl halides is 1. The molecule has 4 atom stereocenters. The number of nitrogens with zero attached hydrogens (tertiary/aromatic N) is 1. The van der Waals surface area contributed by atoms with Crippen molar-refractivity contribution in [1.82, 2.24) is 4.90 Å². The number of carbonyl (C=O) groups excluding carboxylic acids is 3. The maximum atomic E-state index is 12.6. The standard InChI is InChI=1S/C24H33ClN2O5S2/c1-15(23(29)31-16(2)25)21(8-7-20-11-14-33-34-20)17-3-5-19(6-4-17)32-24(30)27-12-9-18(10-13-27)22(26)28/h3-6,15-16,18,20-21H,7-14H2,1-2H3,(H2,26,28). The Bertz CT molecular complexity index is 840. The van der Waals surface area contributed by atoms with Gasteiger partial charge in [-0.1, -0.05) is 52.2 Å². The van der Waals surface area contributed by atoms with Crippen molar-refractivity contribution < 1.29 is 23.9 Å². The summed E-state index contributed by atoms with van der Waals surface area (Å²) in [5, 5.41) is 0.599. The molecular formula is C24H33ClN2O5S2. The van der Waals surface area contributed by atoms with Gasteiger partial charge >= 0.3 is 12.1 Å². The average Bonchev–Trinajstić information content (AvgIpc) is 3.33. The van der Waals surface area contributed by atoms with Gasteiger partial charge in [-0.15, -0.1) is 0 Å². The van der Waals surface area contributed by atoms with Gasteiger partial charge in [0.25, 0.3) is 0 Å². The zero-order chi connectivity index (χ0) is 24.7. The van der Waals surface area contributed by atoms with E-state index in [0.717, 1.165) is 18.4 Å². The first-order valence-corrected chi connectivity index (χ1v) is 14.5. The fourth-order valence-corrected chi connectivity index (χ4v) is 7.45. The molecule has 0 aromatic heterocycles. The number of hydrogen-bond acceptors (Lipinski definition) is 7. The predicted molar refractivity (Wildman–Crippen MR) is 137 cm³/mol. The van der Waals surface area contributed by atoms with Gasteiger partial charge in [-0.05, 0) is 62.6 Å². The second-order valence-corrected chi connectivity index (χ2v) is 12.3. The minimum atomic E-state index is -0.674. The highest BCUT2D eigenvalue weighted by Crippen LogP contribution is 2.42. The first kappa shape index (κ1) is 27.0. The molecule has 2 heterocycles. The minimum Gasteiger partial charge on any atom is -0.446 e. The van der Waals surface area contributed by atoms with Crippen LogP contribution in [0.1, 0.15) is 57.4 Å². The SMILES string of the molecule is CC(Cl)OC(=O)C(C)C(CCC1CCSS1)c1ccc(OC(=O)N2CCC(C(N)=O)CC2)cc1. The summed E-state index contributed by atoms with van der Waals surface area (Å²) in [4.78, 5) is 38.0. The molecule has 0 saturated carbocycles. The van der Waals surface area contributed by atoms with Crippen molar-refractivity contribution in [3.63, 3.8) is 0 Å². The number of hydrogen-bond donors (Lipinski definition) is 1. The van der Waals surface area contributed by atoms with Gasteiger partial charge in [-0.2, -0.15) is 0 Å². The van der Waals surface area contributed by atoms with E-state index in [2.05, 4.69) is 0 Å². The van der Waals surface area contributed by atoms with E-state index in [9.17, 15) is 14.4 Å². The highest BCUT2D eigenvalue weighted by Gasteiger charge is 2.30. The Balaban J connectivity index is 1.63. The molecule has 188 valence electrons. The molecule has 2 aliphatic rings. The summed E-state index contributed by atoms with van der Waals surface area (Å²) < 4.78 is 10.8. The van der Waals surface area contributed by atoms with E-state index in [1.165, 1.54) is 12.2 Å². The van der Waals surface area contributed by atoms with Crippen LogP contribution in [0.5, 0.6) is 5.75 Å². The van der Waals surface area contributed by atoms with Crippen molar-refractivity contribution in [1.29, 1.82) is 0 Å². The number of amides is 2. The molecule has 0 spiro atoms. The van der Waals surface area contributed by atoms with Gasteiger partial charge in [0.1, 0.15) is 5.75 Å². The summed E-state index contributed by atoms with van der Waals surface area (Å²) in [6, 6.07) is 7.35. The zero-order valence-corrected chi connectivity index (χ0v) is 22.0. The Morgan fingerprint density at radius 1 is 1.15 bits per heavy atom. The van der Waals surface area contributed by atoms with Gasteiger partial charge in [0, 0.05) is 30.0 Å². The van der Waals surface area contributed by atoms with Gasteiger partial charge < -0.3 is 20.1 Å². The summed E-state index contributed by atoms with van der Waals surface area (Å²) >= 11 is 5.88. The third kappa shape index (κ3) is 7.71. The summed E-state index contributed by atoms with van der Waals surface area (Å²) in [5.74, 6) is 0.431. The fraction of sp³-hybridized carbons (Fsp3) is 0.625. The molecule has 7 nitrogen and oxygen atoms in total. The molecule has 2 N–H and O–H groups in total. The lowest BCUT2D eigenvalue weighted by Gasteiger charge is -2.29. The fourth-order valence-electron chi connectivity index (χ4n) is 4.36. The van der Waals surface area contributed by atoms with Crippen LogP contribution in [-0.4, -0.2) is 52.5 Å². The number of carbonyl (C=O) groups is 3. The molecule has 0 radical (unpaired) electrons. The molecule has 1 aromatic carbocycles. The van der Waals surface area contributed by atoms with E-state index in [1.54, 1.807) is 24.0 Å². The van der Waals surface area contributed by atoms with E-state index in [-0.39, 0.29) is 29.6 Å². The number of halogens is 1. The summed E-state index contributed by atoms with van der Waals surface area (Å²) in [7, 11) is 3.83. The van der Waals surface area contributed by atoms with Crippen molar-refractivity contribution in [2.75, 3.05) is 18.8 Å². The second kappa shape index (κ2) is 12.9. The van der Waals surface area contributed by atoms with Crippen molar-refractivity contribution in [2.24, 2.45) is 17.6 Å². The maximum absolute atomic E-state index is 12.6. The Labute approximate surface area is 214 Å². The highest BCUT2D eigenvalue weighted by atomic mass is 35.5. The Kier molecular flexibility index (Phi) is 10.3. The first-order valence-electron chi connectivity index (χ1n) is 11.7. The van der Waals surface area contributed by atoms with Crippen LogP contribution in [0.2, 0.25) is 0 Å². The minimum absolute atomic E-state index is 0.0216. The topological polar surface area (TPSA) is 98.9 Å². The molecule has 34 heavy (non-hydrogen) atoms. The van der Waals surface area contributed by atoms with Crippen LogP contribution in [0, 0.1) is 11.8 Å². The van der Waals surface area contributed by atoms with Crippen LogP contribution in [0.3, 0.4) is 0 Å². The molecular weight excluding hydrogens is 496 g/mol. The Morgan fingerprint density at radius 3 is 2.38 bits per heavy atom. The van der Waals surface area contributed by atoms with Crippen LogP contribution in [-0.2, 0) is 14.3 Å². The first-order chi connectivity index (χ1) is 16.2. The third-order valence-corrected chi connectivity index (χ3v) is 9.55. The molecule has 1 aromatic rings. The molecule has 2 amide bonds. The summed E-state index contributed by atoms with van der Waals surface area (Å²) in [5.41, 5.74) is 5.69. The molecule has 0 bridgehead atoms. The molecule has 2 aliphatic heterocycles. The lowest BCUT2D eigenvalue weighted by atomic mass is 9.83. The highest BCUT2D eigenvalue weighted by molar-refractivity contribution is 8.77. The number of benzene rings is 1. The number of rotatable bonds is 9. The van der Waals surface area contributed by atoms with Gasteiger partial charge in [0.15, 0.2) is 5.56 Å². The lowest BCUT2D eigenvalue weighted by molar-refractivity contribution is -0.150. The van der Waals surface area contributed by atoms with Crippen LogP contribution < -0.4 is 10.5 Å². The van der Waals surface area contributed by atoms with Crippen molar-refractivity contribution in [3.05, 3.63) is 29.8 Å². The summed E-state index contributed by atoms with van der Waals surface area (Å²) in [6.07, 6.45) is 3.74. The van der Waals surface area contributed by atoms with Gasteiger partial charge in [-0.25, -0.2) is 4.79 Å². The number of esters is 1. The number of primary amides is 1. The number of likely N-dealkylation sites (tertiary alicyclic amines) is 1. The van der Waals surface area contributed by atoms with Crippen molar-refractivity contribution in [3.8, 4) is 5.75 Å². The Morgan fingerprint density at radius 2 is 1.82 bits per heavy atom. The monoisotopic (exact) mass is 528 g/mol. The van der Waals surface area contributed by atoms with E-state index >= 15 is 0 Å². The predicted octanol–water partition coefficient (Wildman–Crippen LogP) is 5.16. The zero-order valence-electron chi connectivity index (χ0n) is 19.6. The van der Waals surface area contributed by atoms with E-state index in [4.69, 9.17) is 26.8 Å². The van der Waals surface area contributed by atoms with E-state index in [1.807, 2.05) is 40.6 Å². The Hall–Kier alpha value is -1.58. The number of nitrogens with two attached hydrogens (primary N) is 1. The van der Waals surface area contributed by atoms with Crippen LogP contribution in [0.25, 0.3) is 0 Å². The normalized spacial score (nSPS) is 21.5. The third-order valence-electron chi connectivity index (χ3n) is 6.45. The van der Waals surface area contributed by atoms with Gasteiger partial charge in [0.05, 0.1) is 5.92 Å². The molecule has 2 saturated heterocycles. The van der Waals surface area contributed by atoms with Gasteiger partial charge in [0.2, 0.25) is 5.91 Å². The second-order valence-electron chi connectivity index (χ2n) is 8.88. The summed E-state index contributed by atoms with van der Waals surface area (Å²) in [6.45, 7) is 4.41. The quantitative estimate of drug-likeness (QED) is 0.268. The lowest BCUT2D eigenvalue weighted by Crippen LogP contribution is -2.42. The maximum Gasteiger partial charge on any atom is 0.415 e. The molecule has 4 unspecified atom stereocenters.